The Morgan fingerprint density at radius 3 is 1.30 bits per heavy atom. The van der Waals surface area contributed by atoms with Crippen molar-refractivity contribution in [2.45, 2.75) is 7.43 Å². The SMILES string of the molecule is C.OB(O)c1c2oc3ccccc3c2cc2oc3ccccc3c12.c1ccc2c(c1)oc1cc3c(cc12)oc1ccccc13. The minimum absolute atomic E-state index is 0. The van der Waals surface area contributed by atoms with Gasteiger partial charge >= 0.3 is 7.12 Å². The maximum atomic E-state index is 9.98. The Morgan fingerprint density at radius 1 is 0.386 bits per heavy atom. The molecule has 0 radical (unpaired) electrons. The lowest BCUT2D eigenvalue weighted by atomic mass is 9.76. The topological polar surface area (TPSA) is 93.0 Å². The van der Waals surface area contributed by atoms with Crippen molar-refractivity contribution in [3.8, 4) is 0 Å². The standard InChI is InChI=1S/C18H11BO4.C18H10O2.CH4/c20-19(21)17-16-11-6-2-4-8-14(11)22-15(16)9-12-10-5-1-3-7-13(10)23-18(12)17;1-3-7-15-11(5-1)13-9-18-14(10-17(13)19-15)12-6-2-4-8-16(12)20-18;/h1-9,20-21H;1-10H;1H4. The molecule has 0 aliphatic heterocycles. The van der Waals surface area contributed by atoms with Crippen molar-refractivity contribution in [1.82, 2.24) is 0 Å². The molecule has 0 amide bonds. The van der Waals surface area contributed by atoms with Crippen LogP contribution in [0.3, 0.4) is 0 Å². The maximum Gasteiger partial charge on any atom is 0.493 e. The summed E-state index contributed by atoms with van der Waals surface area (Å²) in [5.41, 5.74) is 6.52. The van der Waals surface area contributed by atoms with Crippen molar-refractivity contribution >= 4 is 100 Å². The third kappa shape index (κ3) is 3.77. The van der Waals surface area contributed by atoms with E-state index >= 15 is 0 Å². The molecule has 6 nitrogen and oxygen atoms in total. The molecule has 2 N–H and O–H groups in total. The largest absolute Gasteiger partial charge is 0.493 e. The molecule has 0 saturated heterocycles. The van der Waals surface area contributed by atoms with Gasteiger partial charge in [0.1, 0.15) is 44.7 Å². The lowest BCUT2D eigenvalue weighted by Crippen LogP contribution is -2.30. The van der Waals surface area contributed by atoms with Gasteiger partial charge in [0.2, 0.25) is 0 Å². The fourth-order valence-corrected chi connectivity index (χ4v) is 6.29. The lowest BCUT2D eigenvalue weighted by molar-refractivity contribution is 0.426. The summed E-state index contributed by atoms with van der Waals surface area (Å²) in [5, 5.41) is 27.7. The molecule has 4 aromatic heterocycles. The molecular formula is C37H25BO6. The fraction of sp³-hybridized carbons (Fsp3) is 0.0270. The van der Waals surface area contributed by atoms with Gasteiger partial charge in [-0.1, -0.05) is 80.2 Å². The highest BCUT2D eigenvalue weighted by molar-refractivity contribution is 6.66. The van der Waals surface area contributed by atoms with Gasteiger partial charge in [-0.25, -0.2) is 0 Å². The average Bonchev–Trinajstić information content (AvgIpc) is 3.78. The van der Waals surface area contributed by atoms with Crippen molar-refractivity contribution in [1.29, 1.82) is 0 Å². The smallest absolute Gasteiger partial charge is 0.456 e. The van der Waals surface area contributed by atoms with Crippen LogP contribution in [-0.4, -0.2) is 17.2 Å². The van der Waals surface area contributed by atoms with E-state index in [1.807, 2.05) is 91.0 Å². The molecule has 6 aromatic carbocycles. The van der Waals surface area contributed by atoms with Crippen LogP contribution in [0, 0.1) is 0 Å². The number of hydrogen-bond acceptors (Lipinski definition) is 6. The van der Waals surface area contributed by atoms with E-state index < -0.39 is 7.12 Å². The van der Waals surface area contributed by atoms with Crippen LogP contribution in [0.2, 0.25) is 0 Å². The van der Waals surface area contributed by atoms with Crippen LogP contribution < -0.4 is 5.46 Å². The highest BCUT2D eigenvalue weighted by Crippen LogP contribution is 2.37. The molecule has 10 rings (SSSR count). The number of furan rings is 4. The van der Waals surface area contributed by atoms with Gasteiger partial charge in [-0.05, 0) is 42.5 Å². The van der Waals surface area contributed by atoms with Gasteiger partial charge in [-0.2, -0.15) is 0 Å². The zero-order valence-electron chi connectivity index (χ0n) is 22.6. The maximum absolute atomic E-state index is 9.98. The second kappa shape index (κ2) is 9.78. The first-order valence-electron chi connectivity index (χ1n) is 14.0. The van der Waals surface area contributed by atoms with E-state index in [-0.39, 0.29) is 7.43 Å². The Balaban J connectivity index is 0.000000130. The van der Waals surface area contributed by atoms with E-state index in [1.165, 1.54) is 0 Å². The molecule has 4 heterocycles. The quantitative estimate of drug-likeness (QED) is 0.189. The number of rotatable bonds is 1. The van der Waals surface area contributed by atoms with E-state index in [4.69, 9.17) is 17.7 Å². The number of benzene rings is 6. The number of fused-ring (bicyclic) bond motifs is 12. The van der Waals surface area contributed by atoms with Gasteiger partial charge in [-0.15, -0.1) is 0 Å². The molecular weight excluding hydrogens is 551 g/mol. The van der Waals surface area contributed by atoms with Gasteiger partial charge in [0.05, 0.1) is 0 Å². The van der Waals surface area contributed by atoms with Gasteiger partial charge in [-0.3, -0.25) is 0 Å². The molecule has 10 aromatic rings. The highest BCUT2D eigenvalue weighted by Gasteiger charge is 2.26. The fourth-order valence-electron chi connectivity index (χ4n) is 6.29. The van der Waals surface area contributed by atoms with Gasteiger partial charge in [0.15, 0.2) is 0 Å². The first kappa shape index (κ1) is 26.2. The highest BCUT2D eigenvalue weighted by atomic mass is 16.4. The predicted octanol–water partition coefficient (Wildman–Crippen LogP) is 9.29. The molecule has 44 heavy (non-hydrogen) atoms. The van der Waals surface area contributed by atoms with E-state index in [0.717, 1.165) is 60.0 Å². The van der Waals surface area contributed by atoms with Crippen LogP contribution in [0.5, 0.6) is 0 Å². The van der Waals surface area contributed by atoms with Crippen molar-refractivity contribution in [3.05, 3.63) is 115 Å². The molecule has 0 spiro atoms. The first-order chi connectivity index (χ1) is 21.1. The Kier molecular flexibility index (Phi) is 5.81. The van der Waals surface area contributed by atoms with Crippen molar-refractivity contribution in [2.24, 2.45) is 0 Å². The molecule has 0 fully saturated rings. The van der Waals surface area contributed by atoms with Crippen molar-refractivity contribution in [3.63, 3.8) is 0 Å². The zero-order chi connectivity index (χ0) is 28.7. The van der Waals surface area contributed by atoms with Crippen LogP contribution in [-0.2, 0) is 0 Å². The molecule has 0 aliphatic carbocycles. The molecule has 0 unspecified atom stereocenters. The summed E-state index contributed by atoms with van der Waals surface area (Å²) in [6.07, 6.45) is 0. The van der Waals surface area contributed by atoms with Crippen LogP contribution >= 0.6 is 0 Å². The summed E-state index contributed by atoms with van der Waals surface area (Å²) in [4.78, 5) is 0. The second-order valence-corrected chi connectivity index (χ2v) is 10.7. The second-order valence-electron chi connectivity index (χ2n) is 10.7. The molecule has 212 valence electrons. The number of para-hydroxylation sites is 4. The van der Waals surface area contributed by atoms with Gasteiger partial charge < -0.3 is 27.7 Å². The van der Waals surface area contributed by atoms with Crippen LogP contribution in [0.15, 0.2) is 133 Å². The molecule has 0 atom stereocenters. The Labute approximate surface area is 250 Å². The summed E-state index contributed by atoms with van der Waals surface area (Å²) < 4.78 is 23.7. The Hall–Kier alpha value is -5.50. The minimum atomic E-state index is -1.65. The van der Waals surface area contributed by atoms with Crippen LogP contribution in [0.4, 0.5) is 0 Å². The summed E-state index contributed by atoms with van der Waals surface area (Å²) in [6.45, 7) is 0. The minimum Gasteiger partial charge on any atom is -0.456 e. The van der Waals surface area contributed by atoms with Gasteiger partial charge in [0.25, 0.3) is 0 Å². The summed E-state index contributed by atoms with van der Waals surface area (Å²) >= 11 is 0. The molecule has 0 saturated carbocycles. The Bertz CT molecular complexity index is 2570. The summed E-state index contributed by atoms with van der Waals surface area (Å²) in [6, 6.07) is 37.4. The van der Waals surface area contributed by atoms with E-state index in [9.17, 15) is 10.0 Å². The summed E-state index contributed by atoms with van der Waals surface area (Å²) in [7, 11) is -1.65. The molecule has 0 bridgehead atoms. The van der Waals surface area contributed by atoms with Crippen molar-refractivity contribution in [2.75, 3.05) is 0 Å². The normalized spacial score (nSPS) is 11.7. The van der Waals surface area contributed by atoms with E-state index in [2.05, 4.69) is 24.3 Å². The summed E-state index contributed by atoms with van der Waals surface area (Å²) in [5.74, 6) is 0. The third-order valence-electron chi connectivity index (χ3n) is 8.18. The third-order valence-corrected chi connectivity index (χ3v) is 8.18. The van der Waals surface area contributed by atoms with Crippen molar-refractivity contribution < 1.29 is 27.7 Å². The first-order valence-corrected chi connectivity index (χ1v) is 14.0. The predicted molar refractivity (Wildman–Crippen MR) is 179 cm³/mol. The zero-order valence-corrected chi connectivity index (χ0v) is 22.6. The van der Waals surface area contributed by atoms with E-state index in [1.54, 1.807) is 0 Å². The van der Waals surface area contributed by atoms with Gasteiger partial charge in [0, 0.05) is 48.6 Å². The lowest BCUT2D eigenvalue weighted by Gasteiger charge is -2.03. The molecule has 7 heteroatoms. The monoisotopic (exact) mass is 576 g/mol. The molecule has 0 aliphatic rings. The number of hydrogen-bond donors (Lipinski definition) is 2. The van der Waals surface area contributed by atoms with Crippen LogP contribution in [0.1, 0.15) is 7.43 Å². The van der Waals surface area contributed by atoms with Crippen LogP contribution in [0.25, 0.3) is 87.8 Å². The Morgan fingerprint density at radius 2 is 0.773 bits per heavy atom. The van der Waals surface area contributed by atoms with E-state index in [0.29, 0.717) is 33.2 Å². The average molecular weight is 576 g/mol.